The first-order valence-electron chi connectivity index (χ1n) is 8.49. The summed E-state index contributed by atoms with van der Waals surface area (Å²) < 4.78 is 10.9. The van der Waals surface area contributed by atoms with Crippen molar-refractivity contribution in [1.82, 2.24) is 0 Å². The van der Waals surface area contributed by atoms with Gasteiger partial charge in [-0.1, -0.05) is 42.0 Å². The van der Waals surface area contributed by atoms with E-state index in [-0.39, 0.29) is 18.5 Å². The van der Waals surface area contributed by atoms with Crippen molar-refractivity contribution in [1.29, 1.82) is 0 Å². The molecule has 0 saturated heterocycles. The molecular weight excluding hydrogens is 346 g/mol. The summed E-state index contributed by atoms with van der Waals surface area (Å²) in [5.41, 5.74) is 9.98. The van der Waals surface area contributed by atoms with E-state index in [2.05, 4.69) is 0 Å². The molecule has 3 aromatic rings. The predicted octanol–water partition coefficient (Wildman–Crippen LogP) is 3.94. The smallest absolute Gasteiger partial charge is 0.310 e. The number of nitrogens with two attached hydrogens (primary N) is 1. The normalized spacial score (nSPS) is 12.1. The van der Waals surface area contributed by atoms with Gasteiger partial charge in [0, 0.05) is 17.5 Å². The quantitative estimate of drug-likeness (QED) is 0.406. The van der Waals surface area contributed by atoms with Gasteiger partial charge >= 0.3 is 5.97 Å². The van der Waals surface area contributed by atoms with Crippen LogP contribution in [0.3, 0.4) is 0 Å². The number of ether oxygens (including phenoxy) is 1. The minimum Gasteiger partial charge on any atom is -0.464 e. The van der Waals surface area contributed by atoms with E-state index in [1.54, 1.807) is 13.2 Å². The molecule has 1 aromatic heterocycles. The highest BCUT2D eigenvalue weighted by Gasteiger charge is 2.16. The summed E-state index contributed by atoms with van der Waals surface area (Å²) >= 11 is 5.69. The number of hydrogen-bond donors (Lipinski definition) is 1. The lowest BCUT2D eigenvalue weighted by molar-refractivity contribution is -0.146. The topological polar surface area (TPSA) is 65.5 Å². The Balaban J connectivity index is 1.94. The van der Waals surface area contributed by atoms with Gasteiger partial charge < -0.3 is 14.9 Å². The number of thiocarbonyl (C=S) groups is 1. The number of carbonyl (C=O) groups is 1. The van der Waals surface area contributed by atoms with Crippen LogP contribution in [0.1, 0.15) is 29.2 Å². The molecule has 4 nitrogen and oxygen atoms in total. The summed E-state index contributed by atoms with van der Waals surface area (Å²) in [7, 11) is 0. The Morgan fingerprint density at radius 3 is 2.65 bits per heavy atom. The summed E-state index contributed by atoms with van der Waals surface area (Å²) in [4.78, 5) is 12.8. The number of aryl methyl sites for hydroxylation is 1. The summed E-state index contributed by atoms with van der Waals surface area (Å²) in [6.07, 6.45) is 1.49. The van der Waals surface area contributed by atoms with Crippen molar-refractivity contribution in [2.75, 3.05) is 6.54 Å². The van der Waals surface area contributed by atoms with E-state index in [1.165, 1.54) is 5.56 Å². The molecule has 2 N–H and O–H groups in total. The van der Waals surface area contributed by atoms with Gasteiger partial charge in [0.15, 0.2) is 0 Å². The number of rotatable bonds is 6. The van der Waals surface area contributed by atoms with Crippen LogP contribution in [0, 0.1) is 6.92 Å². The first-order chi connectivity index (χ1) is 12.5. The van der Waals surface area contributed by atoms with Gasteiger partial charge in [-0.3, -0.25) is 4.79 Å². The standard InChI is InChI=1S/C21H21NO3S/c1-13-3-5-16(6-4-13)21(26)18-10-15(9-17-7-8-24-20(17)18)11-19(23)25-14(2)12-22/h3-10,14H,11-12,22H2,1-2H3. The van der Waals surface area contributed by atoms with Gasteiger partial charge in [-0.15, -0.1) is 0 Å². The van der Waals surface area contributed by atoms with E-state index in [0.717, 1.165) is 27.7 Å². The van der Waals surface area contributed by atoms with E-state index < -0.39 is 0 Å². The molecule has 5 heteroatoms. The van der Waals surface area contributed by atoms with Gasteiger partial charge in [-0.25, -0.2) is 0 Å². The number of fused-ring (bicyclic) bond motifs is 1. The molecule has 1 atom stereocenters. The molecule has 2 aromatic carbocycles. The van der Waals surface area contributed by atoms with Crippen LogP contribution >= 0.6 is 12.2 Å². The van der Waals surface area contributed by atoms with Gasteiger partial charge in [0.1, 0.15) is 11.7 Å². The first-order valence-corrected chi connectivity index (χ1v) is 8.90. The molecular formula is C21H21NO3S. The third kappa shape index (κ3) is 4.00. The molecule has 0 spiro atoms. The van der Waals surface area contributed by atoms with Gasteiger partial charge in [0.05, 0.1) is 17.5 Å². The van der Waals surface area contributed by atoms with Crippen molar-refractivity contribution < 1.29 is 13.9 Å². The molecule has 1 heterocycles. The van der Waals surface area contributed by atoms with Crippen LogP contribution in [-0.4, -0.2) is 23.5 Å². The van der Waals surface area contributed by atoms with Gasteiger partial charge in [-0.2, -0.15) is 0 Å². The zero-order valence-electron chi connectivity index (χ0n) is 14.8. The molecule has 26 heavy (non-hydrogen) atoms. The van der Waals surface area contributed by atoms with Crippen LogP contribution in [0.25, 0.3) is 11.0 Å². The Morgan fingerprint density at radius 2 is 1.96 bits per heavy atom. The minimum atomic E-state index is -0.307. The molecule has 134 valence electrons. The fourth-order valence-electron chi connectivity index (χ4n) is 2.76. The van der Waals surface area contributed by atoms with Gasteiger partial charge in [0.25, 0.3) is 0 Å². The number of carbonyl (C=O) groups excluding carboxylic acids is 1. The highest BCUT2D eigenvalue weighted by Crippen LogP contribution is 2.26. The van der Waals surface area contributed by atoms with E-state index in [0.29, 0.717) is 11.4 Å². The second kappa shape index (κ2) is 7.81. The van der Waals surface area contributed by atoms with Gasteiger partial charge in [-0.05, 0) is 43.2 Å². The van der Waals surface area contributed by atoms with Crippen LogP contribution in [0.2, 0.25) is 0 Å². The molecule has 0 aliphatic heterocycles. The van der Waals surface area contributed by atoms with Gasteiger partial charge in [0.2, 0.25) is 0 Å². The highest BCUT2D eigenvalue weighted by molar-refractivity contribution is 7.81. The number of hydrogen-bond acceptors (Lipinski definition) is 5. The Bertz CT molecular complexity index is 944. The molecule has 3 rings (SSSR count). The highest BCUT2D eigenvalue weighted by atomic mass is 32.1. The van der Waals surface area contributed by atoms with Crippen molar-refractivity contribution >= 4 is 34.0 Å². The van der Waals surface area contributed by atoms with E-state index in [9.17, 15) is 4.79 Å². The maximum atomic E-state index is 12.1. The van der Waals surface area contributed by atoms with Crippen molar-refractivity contribution in [2.45, 2.75) is 26.4 Å². The zero-order chi connectivity index (χ0) is 18.7. The summed E-state index contributed by atoms with van der Waals surface area (Å²) in [5.74, 6) is -0.307. The average Bonchev–Trinajstić information content (AvgIpc) is 3.09. The minimum absolute atomic E-state index is 0.162. The molecule has 0 bridgehead atoms. The Morgan fingerprint density at radius 1 is 1.23 bits per heavy atom. The molecule has 0 radical (unpaired) electrons. The number of benzene rings is 2. The van der Waals surface area contributed by atoms with Crippen molar-refractivity contribution in [3.05, 3.63) is 71.0 Å². The number of furan rings is 1. The van der Waals surface area contributed by atoms with Crippen molar-refractivity contribution in [3.8, 4) is 0 Å². The van der Waals surface area contributed by atoms with Crippen molar-refractivity contribution in [2.24, 2.45) is 5.73 Å². The van der Waals surface area contributed by atoms with Crippen LogP contribution in [0.4, 0.5) is 0 Å². The second-order valence-electron chi connectivity index (χ2n) is 6.39. The third-order valence-corrected chi connectivity index (χ3v) is 4.64. The Hall–Kier alpha value is -2.50. The van der Waals surface area contributed by atoms with Crippen LogP contribution in [-0.2, 0) is 16.0 Å². The second-order valence-corrected chi connectivity index (χ2v) is 6.80. The molecule has 0 aliphatic rings. The van der Waals surface area contributed by atoms with E-state index in [4.69, 9.17) is 27.1 Å². The third-order valence-electron chi connectivity index (χ3n) is 4.18. The maximum Gasteiger partial charge on any atom is 0.310 e. The SMILES string of the molecule is Cc1ccc(C(=S)c2cc(CC(=O)OC(C)CN)cc3ccoc23)cc1. The zero-order valence-corrected chi connectivity index (χ0v) is 15.6. The largest absolute Gasteiger partial charge is 0.464 e. The first kappa shape index (κ1) is 18.3. The fourth-order valence-corrected chi connectivity index (χ4v) is 3.04. The predicted molar refractivity (Wildman–Crippen MR) is 107 cm³/mol. The average molecular weight is 367 g/mol. The summed E-state index contributed by atoms with van der Waals surface area (Å²) in [5, 5.41) is 0.909. The Labute approximate surface area is 157 Å². The number of esters is 1. The summed E-state index contributed by atoms with van der Waals surface area (Å²) in [6, 6.07) is 13.7. The molecule has 0 aliphatic carbocycles. The van der Waals surface area contributed by atoms with E-state index >= 15 is 0 Å². The van der Waals surface area contributed by atoms with Crippen molar-refractivity contribution in [3.63, 3.8) is 0 Å². The fraction of sp³-hybridized carbons (Fsp3) is 0.238. The Kier molecular flexibility index (Phi) is 5.49. The lowest BCUT2D eigenvalue weighted by atomic mass is 9.98. The lowest BCUT2D eigenvalue weighted by Gasteiger charge is -2.12. The summed E-state index contributed by atoms with van der Waals surface area (Å²) in [6.45, 7) is 4.11. The molecule has 0 amide bonds. The lowest BCUT2D eigenvalue weighted by Crippen LogP contribution is -2.24. The maximum absolute atomic E-state index is 12.1. The van der Waals surface area contributed by atoms with E-state index in [1.807, 2.05) is 49.4 Å². The molecule has 0 saturated carbocycles. The van der Waals surface area contributed by atoms with Crippen LogP contribution in [0.5, 0.6) is 0 Å². The van der Waals surface area contributed by atoms with Crippen LogP contribution in [0.15, 0.2) is 53.1 Å². The molecule has 0 fully saturated rings. The monoisotopic (exact) mass is 367 g/mol. The van der Waals surface area contributed by atoms with Crippen LogP contribution < -0.4 is 5.73 Å². The molecule has 1 unspecified atom stereocenters.